The Morgan fingerprint density at radius 1 is 1.73 bits per heavy atom. The second kappa shape index (κ2) is 2.62. The number of halogens is 1. The standard InChI is InChI=1S/C8H8INO/c1-5-2-6-7(9)4-11-8(6)10-3-5/h2-3,7H,4H2,1H3. The van der Waals surface area contributed by atoms with Crippen LogP contribution in [0.25, 0.3) is 0 Å². The maximum Gasteiger partial charge on any atom is 0.217 e. The Bertz CT molecular complexity index is 287. The minimum absolute atomic E-state index is 0.481. The van der Waals surface area contributed by atoms with E-state index in [1.807, 2.05) is 6.20 Å². The lowest BCUT2D eigenvalue weighted by Gasteiger charge is -1.98. The molecule has 0 saturated heterocycles. The summed E-state index contributed by atoms with van der Waals surface area (Å²) in [5.41, 5.74) is 2.45. The smallest absolute Gasteiger partial charge is 0.217 e. The third-order valence-electron chi connectivity index (χ3n) is 1.72. The molecule has 3 heteroatoms. The van der Waals surface area contributed by atoms with E-state index in [0.717, 1.165) is 12.5 Å². The summed E-state index contributed by atoms with van der Waals surface area (Å²) in [6.07, 6.45) is 1.84. The highest BCUT2D eigenvalue weighted by molar-refractivity contribution is 14.1. The second-order valence-electron chi connectivity index (χ2n) is 2.69. The van der Waals surface area contributed by atoms with Crippen LogP contribution < -0.4 is 4.74 Å². The van der Waals surface area contributed by atoms with Crippen LogP contribution in [0.5, 0.6) is 5.88 Å². The number of pyridine rings is 1. The third kappa shape index (κ3) is 1.21. The van der Waals surface area contributed by atoms with E-state index < -0.39 is 0 Å². The van der Waals surface area contributed by atoms with Gasteiger partial charge in [0.05, 0.1) is 3.92 Å². The first-order valence-corrected chi connectivity index (χ1v) is 4.75. The fourth-order valence-electron chi connectivity index (χ4n) is 1.17. The van der Waals surface area contributed by atoms with Gasteiger partial charge in [-0.05, 0) is 18.6 Å². The number of hydrogen-bond acceptors (Lipinski definition) is 2. The molecule has 1 aromatic heterocycles. The van der Waals surface area contributed by atoms with Gasteiger partial charge in [-0.1, -0.05) is 22.6 Å². The molecule has 1 atom stereocenters. The van der Waals surface area contributed by atoms with E-state index in [0.29, 0.717) is 3.92 Å². The van der Waals surface area contributed by atoms with Gasteiger partial charge in [0.2, 0.25) is 5.88 Å². The quantitative estimate of drug-likeness (QED) is 0.528. The molecule has 0 amide bonds. The molecule has 0 aromatic carbocycles. The van der Waals surface area contributed by atoms with Crippen LogP contribution in [0.3, 0.4) is 0 Å². The van der Waals surface area contributed by atoms with Crippen molar-refractivity contribution in [2.45, 2.75) is 10.8 Å². The first-order valence-electron chi connectivity index (χ1n) is 3.51. The van der Waals surface area contributed by atoms with Gasteiger partial charge in [-0.15, -0.1) is 0 Å². The topological polar surface area (TPSA) is 22.1 Å². The molecule has 1 aliphatic rings. The molecular formula is C8H8INO. The number of nitrogens with zero attached hydrogens (tertiary/aromatic N) is 1. The lowest BCUT2D eigenvalue weighted by Crippen LogP contribution is -1.90. The van der Waals surface area contributed by atoms with Gasteiger partial charge in [0, 0.05) is 11.8 Å². The second-order valence-corrected chi connectivity index (χ2v) is 4.19. The largest absolute Gasteiger partial charge is 0.476 e. The number of aromatic nitrogens is 1. The minimum Gasteiger partial charge on any atom is -0.476 e. The van der Waals surface area contributed by atoms with Crippen molar-refractivity contribution < 1.29 is 4.74 Å². The highest BCUT2D eigenvalue weighted by Gasteiger charge is 2.22. The molecule has 2 heterocycles. The van der Waals surface area contributed by atoms with E-state index in [1.54, 1.807) is 0 Å². The average Bonchev–Trinajstić information content (AvgIpc) is 2.33. The van der Waals surface area contributed by atoms with Gasteiger partial charge in [0.15, 0.2) is 0 Å². The van der Waals surface area contributed by atoms with Gasteiger partial charge in [-0.25, -0.2) is 4.98 Å². The molecule has 0 saturated carbocycles. The summed E-state index contributed by atoms with van der Waals surface area (Å²) in [5, 5.41) is 0. The Morgan fingerprint density at radius 2 is 2.55 bits per heavy atom. The van der Waals surface area contributed by atoms with Crippen LogP contribution >= 0.6 is 22.6 Å². The predicted octanol–water partition coefficient (Wildman–Crippen LogP) is 2.26. The zero-order valence-corrected chi connectivity index (χ0v) is 8.33. The Hall–Kier alpha value is -0.320. The summed E-state index contributed by atoms with van der Waals surface area (Å²) >= 11 is 2.38. The summed E-state index contributed by atoms with van der Waals surface area (Å²) in [7, 11) is 0. The molecular weight excluding hydrogens is 253 g/mol. The molecule has 0 aliphatic carbocycles. The fourth-order valence-corrected chi connectivity index (χ4v) is 1.79. The van der Waals surface area contributed by atoms with E-state index in [2.05, 4.69) is 40.6 Å². The molecule has 0 bridgehead atoms. The van der Waals surface area contributed by atoms with Gasteiger partial charge in [-0.2, -0.15) is 0 Å². The molecule has 1 unspecified atom stereocenters. The van der Waals surface area contributed by atoms with Crippen LogP contribution in [-0.4, -0.2) is 11.6 Å². The predicted molar refractivity (Wildman–Crippen MR) is 51.2 cm³/mol. The molecule has 2 rings (SSSR count). The van der Waals surface area contributed by atoms with Crippen LogP contribution in [0.2, 0.25) is 0 Å². The van der Waals surface area contributed by atoms with Gasteiger partial charge in [0.25, 0.3) is 0 Å². The van der Waals surface area contributed by atoms with Crippen molar-refractivity contribution >= 4 is 22.6 Å². The Balaban J connectivity index is 2.52. The summed E-state index contributed by atoms with van der Waals surface area (Å²) in [6.45, 7) is 2.82. The van der Waals surface area contributed by atoms with E-state index in [4.69, 9.17) is 4.74 Å². The highest BCUT2D eigenvalue weighted by atomic mass is 127. The molecule has 1 aromatic rings. The Kier molecular flexibility index (Phi) is 1.75. The van der Waals surface area contributed by atoms with Crippen molar-refractivity contribution in [1.82, 2.24) is 4.98 Å². The van der Waals surface area contributed by atoms with Crippen LogP contribution in [0.1, 0.15) is 15.1 Å². The van der Waals surface area contributed by atoms with Crippen LogP contribution in [0.15, 0.2) is 12.3 Å². The zero-order valence-electron chi connectivity index (χ0n) is 6.17. The number of ether oxygens (including phenoxy) is 1. The first-order chi connectivity index (χ1) is 5.27. The molecule has 0 spiro atoms. The Labute approximate surface area is 79.1 Å². The summed E-state index contributed by atoms with van der Waals surface area (Å²) in [4.78, 5) is 4.18. The molecule has 0 fully saturated rings. The van der Waals surface area contributed by atoms with Crippen molar-refractivity contribution in [3.63, 3.8) is 0 Å². The SMILES string of the molecule is Cc1cnc2c(c1)C(I)CO2. The lowest BCUT2D eigenvalue weighted by molar-refractivity contribution is 0.345. The van der Waals surface area contributed by atoms with Gasteiger partial charge in [0.1, 0.15) is 6.61 Å². The number of rotatable bonds is 0. The van der Waals surface area contributed by atoms with E-state index in [-0.39, 0.29) is 0 Å². The van der Waals surface area contributed by atoms with E-state index in [9.17, 15) is 0 Å². The third-order valence-corrected chi connectivity index (χ3v) is 2.75. The van der Waals surface area contributed by atoms with Crippen LogP contribution in [0, 0.1) is 6.92 Å². The Morgan fingerprint density at radius 3 is 3.36 bits per heavy atom. The van der Waals surface area contributed by atoms with E-state index in [1.165, 1.54) is 11.1 Å². The van der Waals surface area contributed by atoms with Crippen molar-refractivity contribution in [1.29, 1.82) is 0 Å². The van der Waals surface area contributed by atoms with Crippen LogP contribution in [0.4, 0.5) is 0 Å². The molecule has 11 heavy (non-hydrogen) atoms. The molecule has 58 valence electrons. The first kappa shape index (κ1) is 7.34. The summed E-state index contributed by atoms with van der Waals surface area (Å²) < 4.78 is 5.83. The molecule has 1 aliphatic heterocycles. The number of fused-ring (bicyclic) bond motifs is 1. The van der Waals surface area contributed by atoms with Gasteiger partial charge < -0.3 is 4.74 Å². The van der Waals surface area contributed by atoms with Gasteiger partial charge >= 0.3 is 0 Å². The van der Waals surface area contributed by atoms with Crippen molar-refractivity contribution in [2.24, 2.45) is 0 Å². The summed E-state index contributed by atoms with van der Waals surface area (Å²) in [5.74, 6) is 0.815. The maximum absolute atomic E-state index is 5.35. The van der Waals surface area contributed by atoms with Crippen molar-refractivity contribution in [3.05, 3.63) is 23.4 Å². The zero-order chi connectivity index (χ0) is 7.84. The fraction of sp³-hybridized carbons (Fsp3) is 0.375. The minimum atomic E-state index is 0.481. The monoisotopic (exact) mass is 261 g/mol. The number of aryl methyl sites for hydroxylation is 1. The molecule has 2 nitrogen and oxygen atoms in total. The average molecular weight is 261 g/mol. The molecule has 0 N–H and O–H groups in total. The highest BCUT2D eigenvalue weighted by Crippen LogP contribution is 2.36. The number of hydrogen-bond donors (Lipinski definition) is 0. The molecule has 0 radical (unpaired) electrons. The normalized spacial score (nSPS) is 21.1. The summed E-state index contributed by atoms with van der Waals surface area (Å²) in [6, 6.07) is 2.15. The lowest BCUT2D eigenvalue weighted by atomic mass is 10.2. The number of alkyl halides is 1. The van der Waals surface area contributed by atoms with E-state index >= 15 is 0 Å². The maximum atomic E-state index is 5.35. The van der Waals surface area contributed by atoms with Crippen molar-refractivity contribution in [3.8, 4) is 5.88 Å². The van der Waals surface area contributed by atoms with Crippen LogP contribution in [-0.2, 0) is 0 Å². The van der Waals surface area contributed by atoms with Gasteiger partial charge in [-0.3, -0.25) is 0 Å². The van der Waals surface area contributed by atoms with Crippen molar-refractivity contribution in [2.75, 3.05) is 6.61 Å².